The van der Waals surface area contributed by atoms with Gasteiger partial charge in [0.15, 0.2) is 5.13 Å². The highest BCUT2D eigenvalue weighted by Crippen LogP contribution is 2.36. The monoisotopic (exact) mass is 482 g/mol. The van der Waals surface area contributed by atoms with Crippen LogP contribution in [-0.2, 0) is 9.53 Å². The largest absolute Gasteiger partial charge is 0.494 e. The van der Waals surface area contributed by atoms with Crippen LogP contribution >= 0.6 is 11.3 Å². The number of thiazole rings is 1. The van der Waals surface area contributed by atoms with Gasteiger partial charge in [0.05, 0.1) is 29.9 Å². The summed E-state index contributed by atoms with van der Waals surface area (Å²) in [5.74, 6) is 0.422. The molecule has 0 saturated carbocycles. The summed E-state index contributed by atoms with van der Waals surface area (Å²) in [4.78, 5) is 32.6. The lowest BCUT2D eigenvalue weighted by molar-refractivity contribution is -0.384. The lowest BCUT2D eigenvalue weighted by Crippen LogP contribution is -2.42. The van der Waals surface area contributed by atoms with Crippen LogP contribution in [0, 0.1) is 17.0 Å². The average Bonchev–Trinajstić information content (AvgIpc) is 3.30. The van der Waals surface area contributed by atoms with E-state index in [1.165, 1.54) is 29.5 Å². The lowest BCUT2D eigenvalue weighted by atomic mass is 10.2. The van der Waals surface area contributed by atoms with Gasteiger partial charge >= 0.3 is 0 Å². The second-order valence-electron chi connectivity index (χ2n) is 7.89. The fourth-order valence-electron chi connectivity index (χ4n) is 3.74. The third kappa shape index (κ3) is 5.41. The van der Waals surface area contributed by atoms with Gasteiger partial charge in [0.1, 0.15) is 11.3 Å². The van der Waals surface area contributed by atoms with Crippen LogP contribution in [0.25, 0.3) is 16.3 Å². The van der Waals surface area contributed by atoms with Crippen molar-refractivity contribution in [1.29, 1.82) is 0 Å². The van der Waals surface area contributed by atoms with E-state index in [1.54, 1.807) is 30.2 Å². The average molecular weight is 483 g/mol. The summed E-state index contributed by atoms with van der Waals surface area (Å²) in [7, 11) is 1.60. The highest BCUT2D eigenvalue weighted by atomic mass is 32.1. The van der Waals surface area contributed by atoms with Crippen molar-refractivity contribution in [2.75, 3.05) is 51.4 Å². The molecule has 1 saturated heterocycles. The van der Waals surface area contributed by atoms with Gasteiger partial charge in [0, 0.05) is 44.4 Å². The van der Waals surface area contributed by atoms with Gasteiger partial charge in [-0.1, -0.05) is 29.5 Å². The van der Waals surface area contributed by atoms with Crippen molar-refractivity contribution in [3.63, 3.8) is 0 Å². The number of methoxy groups -OCH3 is 1. The van der Waals surface area contributed by atoms with Crippen LogP contribution in [0.2, 0.25) is 0 Å². The molecule has 0 atom stereocenters. The number of rotatable bonds is 8. The summed E-state index contributed by atoms with van der Waals surface area (Å²) in [6, 6.07) is 10.0. The highest BCUT2D eigenvalue weighted by molar-refractivity contribution is 7.22. The number of non-ortho nitro benzene ring substituents is 1. The smallest absolute Gasteiger partial charge is 0.270 e. The molecule has 178 valence electrons. The van der Waals surface area contributed by atoms with Crippen LogP contribution < -0.4 is 9.64 Å². The van der Waals surface area contributed by atoms with Crippen LogP contribution in [-0.4, -0.2) is 67.2 Å². The predicted molar refractivity (Wildman–Crippen MR) is 133 cm³/mol. The number of amides is 1. The number of aromatic nitrogens is 1. The summed E-state index contributed by atoms with van der Waals surface area (Å²) >= 11 is 1.45. The van der Waals surface area contributed by atoms with E-state index in [9.17, 15) is 14.9 Å². The number of aryl methyl sites for hydroxylation is 1. The molecule has 0 aliphatic carbocycles. The molecule has 10 heteroatoms. The Morgan fingerprint density at radius 1 is 1.32 bits per heavy atom. The minimum absolute atomic E-state index is 0.0208. The van der Waals surface area contributed by atoms with Crippen molar-refractivity contribution in [3.05, 3.63) is 63.7 Å². The normalized spacial score (nSPS) is 14.5. The number of benzene rings is 2. The second-order valence-corrected chi connectivity index (χ2v) is 8.87. The molecule has 1 amide bonds. The number of carbonyl (C=O) groups is 1. The number of fused-ring (bicyclic) bond motifs is 1. The Balaban J connectivity index is 1.63. The lowest BCUT2D eigenvalue weighted by Gasteiger charge is -2.28. The molecule has 34 heavy (non-hydrogen) atoms. The molecule has 4 rings (SSSR count). The maximum absolute atomic E-state index is 13.3. The van der Waals surface area contributed by atoms with Crippen molar-refractivity contribution in [2.24, 2.45) is 0 Å². The summed E-state index contributed by atoms with van der Waals surface area (Å²) in [5.41, 5.74) is 2.35. The summed E-state index contributed by atoms with van der Waals surface area (Å²) < 4.78 is 11.9. The van der Waals surface area contributed by atoms with Crippen LogP contribution in [0.5, 0.6) is 5.75 Å². The van der Waals surface area contributed by atoms with Gasteiger partial charge in [-0.3, -0.25) is 24.7 Å². The molecule has 9 nitrogen and oxygen atoms in total. The third-order valence-corrected chi connectivity index (χ3v) is 6.87. The summed E-state index contributed by atoms with van der Waals surface area (Å²) in [6.45, 7) is 6.14. The molecule has 1 fully saturated rings. The minimum Gasteiger partial charge on any atom is -0.494 e. The zero-order valence-electron chi connectivity index (χ0n) is 19.1. The number of nitro benzene ring substituents is 1. The van der Waals surface area contributed by atoms with E-state index in [0.717, 1.165) is 28.9 Å². The number of hydrogen-bond acceptors (Lipinski definition) is 8. The van der Waals surface area contributed by atoms with E-state index in [4.69, 9.17) is 14.5 Å². The van der Waals surface area contributed by atoms with Gasteiger partial charge in [-0.25, -0.2) is 4.98 Å². The van der Waals surface area contributed by atoms with Crippen LogP contribution in [0.4, 0.5) is 10.8 Å². The molecule has 2 aromatic carbocycles. The zero-order valence-corrected chi connectivity index (χ0v) is 19.9. The highest BCUT2D eigenvalue weighted by Gasteiger charge is 2.22. The predicted octanol–water partition coefficient (Wildman–Crippen LogP) is 3.90. The molecule has 0 unspecified atom stereocenters. The number of anilines is 1. The SMILES string of the molecule is COc1ccc(C)c2sc(N(CCN3CCOCC3)C(=O)/C=C/c3cccc([N+](=O)[O-])c3)nc12. The topological polar surface area (TPSA) is 98.0 Å². The molecular formula is C24H26N4O5S. The number of nitrogens with zero attached hydrogens (tertiary/aromatic N) is 4. The molecule has 1 aromatic heterocycles. The Morgan fingerprint density at radius 2 is 2.12 bits per heavy atom. The molecule has 2 heterocycles. The summed E-state index contributed by atoms with van der Waals surface area (Å²) in [6.07, 6.45) is 3.03. The quantitative estimate of drug-likeness (QED) is 0.273. The van der Waals surface area contributed by atoms with Gasteiger partial charge in [-0.05, 0) is 30.2 Å². The van der Waals surface area contributed by atoms with Gasteiger partial charge in [0.2, 0.25) is 0 Å². The molecule has 0 N–H and O–H groups in total. The van der Waals surface area contributed by atoms with Gasteiger partial charge in [0.25, 0.3) is 11.6 Å². The van der Waals surface area contributed by atoms with E-state index in [2.05, 4.69) is 4.90 Å². The maximum atomic E-state index is 13.3. The van der Waals surface area contributed by atoms with E-state index >= 15 is 0 Å². The van der Waals surface area contributed by atoms with Crippen LogP contribution in [0.15, 0.2) is 42.5 Å². The Kier molecular flexibility index (Phi) is 7.51. The van der Waals surface area contributed by atoms with E-state index < -0.39 is 4.92 Å². The molecular weight excluding hydrogens is 456 g/mol. The van der Waals surface area contributed by atoms with Crippen molar-refractivity contribution in [1.82, 2.24) is 9.88 Å². The van der Waals surface area contributed by atoms with E-state index in [1.807, 2.05) is 19.1 Å². The molecule has 0 radical (unpaired) electrons. The Bertz CT molecular complexity index is 1220. The molecule has 0 spiro atoms. The number of morpholine rings is 1. The van der Waals surface area contributed by atoms with Gasteiger partial charge in [-0.2, -0.15) is 0 Å². The standard InChI is InChI=1S/C24H26N4O5S/c1-17-6-8-20(32-2)22-23(17)34-24(25-22)27(11-10-26-12-14-33-15-13-26)21(29)9-7-18-4-3-5-19(16-18)28(30)31/h3-9,16H,10-15H2,1-2H3/b9-7+. The third-order valence-electron chi connectivity index (χ3n) is 5.65. The first-order chi connectivity index (χ1) is 16.5. The van der Waals surface area contributed by atoms with Crippen molar-refractivity contribution >= 4 is 44.4 Å². The molecule has 0 bridgehead atoms. The van der Waals surface area contributed by atoms with E-state index in [0.29, 0.717) is 42.7 Å². The van der Waals surface area contributed by atoms with Gasteiger partial charge in [-0.15, -0.1) is 0 Å². The van der Waals surface area contributed by atoms with Crippen LogP contribution in [0.1, 0.15) is 11.1 Å². The Hall–Kier alpha value is -3.34. The summed E-state index contributed by atoms with van der Waals surface area (Å²) in [5, 5.41) is 11.6. The molecule has 1 aliphatic heterocycles. The Morgan fingerprint density at radius 3 is 2.85 bits per heavy atom. The number of ether oxygens (including phenoxy) is 2. The first kappa shape index (κ1) is 23.8. The van der Waals surface area contributed by atoms with Gasteiger partial charge < -0.3 is 9.47 Å². The maximum Gasteiger partial charge on any atom is 0.270 e. The van der Waals surface area contributed by atoms with Crippen LogP contribution in [0.3, 0.4) is 0 Å². The van der Waals surface area contributed by atoms with Crippen molar-refractivity contribution < 1.29 is 19.2 Å². The first-order valence-electron chi connectivity index (χ1n) is 10.9. The fraction of sp³-hybridized carbons (Fsp3) is 0.333. The zero-order chi connectivity index (χ0) is 24.1. The number of nitro groups is 1. The number of hydrogen-bond donors (Lipinski definition) is 0. The fourth-order valence-corrected chi connectivity index (χ4v) is 4.83. The van der Waals surface area contributed by atoms with Crippen molar-refractivity contribution in [2.45, 2.75) is 6.92 Å². The van der Waals surface area contributed by atoms with Crippen molar-refractivity contribution in [3.8, 4) is 5.75 Å². The molecule has 1 aliphatic rings. The Labute approximate surface area is 201 Å². The number of carbonyl (C=O) groups excluding carboxylic acids is 1. The molecule has 3 aromatic rings. The minimum atomic E-state index is -0.454. The van der Waals surface area contributed by atoms with E-state index in [-0.39, 0.29) is 11.6 Å². The second kappa shape index (κ2) is 10.7. The first-order valence-corrected chi connectivity index (χ1v) is 11.8.